The molecule has 2 aromatic rings. The minimum absolute atomic E-state index is 0.148. The molecule has 22 heteroatoms. The van der Waals surface area contributed by atoms with Gasteiger partial charge in [0.05, 0.1) is 18.5 Å². The molecular weight excluding hydrogens is 510 g/mol. The molecule has 2 aromatic heterocycles. The van der Waals surface area contributed by atoms with Crippen LogP contribution in [0, 0.1) is 0 Å². The molecule has 180 valence electrons. The van der Waals surface area contributed by atoms with Crippen LogP contribution in [0.3, 0.4) is 0 Å². The van der Waals surface area contributed by atoms with E-state index in [1.807, 2.05) is 0 Å². The minimum atomic E-state index is -5.76. The topological polar surface area (TPSA) is 278 Å². The van der Waals surface area contributed by atoms with Crippen molar-refractivity contribution < 1.29 is 60.6 Å². The Morgan fingerprint density at radius 1 is 1.22 bits per heavy atom. The van der Waals surface area contributed by atoms with Crippen LogP contribution in [0.15, 0.2) is 11.0 Å². The number of imidazole rings is 1. The zero-order valence-corrected chi connectivity index (χ0v) is 17.9. The van der Waals surface area contributed by atoms with Gasteiger partial charge in [-0.15, -0.1) is 5.10 Å². The lowest BCUT2D eigenvalue weighted by Crippen LogP contribution is -2.31. The molecule has 1 saturated heterocycles. The predicted octanol–water partition coefficient (Wildman–Crippen LogP) is -1.52. The number of aromatic amines is 1. The Morgan fingerprint density at radius 2 is 1.88 bits per heavy atom. The SMILES string of the molecule is Nc1nn2c([C@@H]3O[C@H](COP(=O)(O)OP(=O)(O)OP(=O)(O)O)[C@@H](O)[C@H]3F)cnc2c(=O)[nH]1. The van der Waals surface area contributed by atoms with Gasteiger partial charge < -0.3 is 35.2 Å². The van der Waals surface area contributed by atoms with Crippen LogP contribution in [0.1, 0.15) is 11.8 Å². The summed E-state index contributed by atoms with van der Waals surface area (Å²) < 4.78 is 65.8. The van der Waals surface area contributed by atoms with Crippen molar-refractivity contribution in [2.45, 2.75) is 24.5 Å². The molecular formula is C10H15FN5O13P3. The number of aliphatic hydroxyl groups excluding tert-OH is 1. The van der Waals surface area contributed by atoms with Gasteiger partial charge in [-0.1, -0.05) is 0 Å². The molecule has 3 heterocycles. The number of hydrogen-bond acceptors (Lipinski definition) is 12. The summed E-state index contributed by atoms with van der Waals surface area (Å²) in [5, 5.41) is 13.8. The van der Waals surface area contributed by atoms with Gasteiger partial charge in [0.25, 0.3) is 5.56 Å². The summed E-state index contributed by atoms with van der Waals surface area (Å²) in [7, 11) is -16.9. The van der Waals surface area contributed by atoms with E-state index in [1.54, 1.807) is 0 Å². The minimum Gasteiger partial charge on any atom is -0.387 e. The van der Waals surface area contributed by atoms with Crippen LogP contribution in [-0.4, -0.2) is 69.2 Å². The van der Waals surface area contributed by atoms with Crippen molar-refractivity contribution in [3.8, 4) is 0 Å². The fourth-order valence-electron chi connectivity index (χ4n) is 2.69. The molecule has 2 unspecified atom stereocenters. The van der Waals surface area contributed by atoms with E-state index in [4.69, 9.17) is 25.2 Å². The number of halogens is 1. The number of hydrogen-bond donors (Lipinski definition) is 7. The molecule has 3 rings (SSSR count). The normalized spacial score (nSPS) is 27.9. The first-order valence-corrected chi connectivity index (χ1v) is 12.6. The summed E-state index contributed by atoms with van der Waals surface area (Å²) in [6, 6.07) is 0. The summed E-state index contributed by atoms with van der Waals surface area (Å²) in [6.45, 7) is -1.09. The van der Waals surface area contributed by atoms with E-state index in [0.29, 0.717) is 0 Å². The molecule has 1 fully saturated rings. The van der Waals surface area contributed by atoms with Crippen molar-refractivity contribution in [2.24, 2.45) is 0 Å². The highest BCUT2D eigenvalue weighted by Gasteiger charge is 2.48. The fraction of sp³-hybridized carbons (Fsp3) is 0.500. The number of ether oxygens (including phenoxy) is 1. The van der Waals surface area contributed by atoms with E-state index < -0.39 is 60.1 Å². The standard InChI is InChI=1S/C10H15FN5O13P3/c11-5-6(17)4(2-26-31(22,23)29-32(24,25)28-30(19,20)21)27-7(5)3-1-13-8-9(18)14-10(12)15-16(3)8/h1,4-7,17H,2H2,(H,22,23)(H,24,25)(H2,19,20,21)(H3,12,14,15,18)/t4-,5-,6-,7+/m1/s1. The number of fused-ring (bicyclic) bond motifs is 1. The molecule has 0 amide bonds. The third-order valence-electron chi connectivity index (χ3n) is 3.84. The van der Waals surface area contributed by atoms with Crippen LogP contribution in [-0.2, 0) is 31.6 Å². The second kappa shape index (κ2) is 8.64. The average molecular weight is 525 g/mol. The molecule has 0 aliphatic carbocycles. The monoisotopic (exact) mass is 525 g/mol. The number of nitrogens with two attached hydrogens (primary N) is 1. The lowest BCUT2D eigenvalue weighted by molar-refractivity contribution is -0.0235. The summed E-state index contributed by atoms with van der Waals surface area (Å²) in [6.07, 6.45) is -6.36. The quantitative estimate of drug-likeness (QED) is 0.193. The Kier molecular flexibility index (Phi) is 6.76. The third kappa shape index (κ3) is 5.66. The van der Waals surface area contributed by atoms with E-state index in [-0.39, 0.29) is 17.3 Å². The zero-order chi connectivity index (χ0) is 24.1. The van der Waals surface area contributed by atoms with Crippen molar-refractivity contribution in [3.05, 3.63) is 22.2 Å². The first-order valence-electron chi connectivity index (χ1n) is 8.08. The van der Waals surface area contributed by atoms with Gasteiger partial charge in [-0.05, 0) is 0 Å². The number of nitrogens with one attached hydrogen (secondary N) is 1. The Labute approximate surface area is 175 Å². The van der Waals surface area contributed by atoms with E-state index >= 15 is 0 Å². The number of rotatable bonds is 8. The van der Waals surface area contributed by atoms with Crippen LogP contribution >= 0.6 is 23.5 Å². The number of anilines is 1. The second-order valence-electron chi connectivity index (χ2n) is 6.17. The number of alkyl halides is 1. The average Bonchev–Trinajstić information content (AvgIpc) is 3.12. The summed E-state index contributed by atoms with van der Waals surface area (Å²) in [4.78, 5) is 53.2. The van der Waals surface area contributed by atoms with Gasteiger partial charge in [-0.3, -0.25) is 14.3 Å². The van der Waals surface area contributed by atoms with Crippen LogP contribution in [0.4, 0.5) is 10.3 Å². The van der Waals surface area contributed by atoms with Gasteiger partial charge >= 0.3 is 23.5 Å². The first-order chi connectivity index (χ1) is 14.6. The number of aromatic nitrogens is 4. The maximum atomic E-state index is 14.6. The molecule has 32 heavy (non-hydrogen) atoms. The van der Waals surface area contributed by atoms with Gasteiger partial charge in [-0.2, -0.15) is 8.62 Å². The smallest absolute Gasteiger partial charge is 0.387 e. The lowest BCUT2D eigenvalue weighted by Gasteiger charge is -2.19. The van der Waals surface area contributed by atoms with E-state index in [9.17, 15) is 32.9 Å². The largest absolute Gasteiger partial charge is 0.490 e. The van der Waals surface area contributed by atoms with Crippen molar-refractivity contribution in [1.29, 1.82) is 0 Å². The number of H-pyrrole nitrogens is 1. The Balaban J connectivity index is 1.72. The highest BCUT2D eigenvalue weighted by atomic mass is 31.3. The molecule has 0 radical (unpaired) electrons. The maximum absolute atomic E-state index is 14.6. The lowest BCUT2D eigenvalue weighted by atomic mass is 10.1. The molecule has 1 aliphatic heterocycles. The van der Waals surface area contributed by atoms with Gasteiger partial charge in [0.15, 0.2) is 6.17 Å². The van der Waals surface area contributed by atoms with Crippen LogP contribution in [0.25, 0.3) is 5.65 Å². The van der Waals surface area contributed by atoms with Crippen molar-refractivity contribution >= 4 is 35.1 Å². The number of nitrogen functional groups attached to an aromatic ring is 1. The molecule has 0 saturated carbocycles. The molecule has 0 aromatic carbocycles. The van der Waals surface area contributed by atoms with Gasteiger partial charge in [0, 0.05) is 0 Å². The number of nitrogens with zero attached hydrogens (tertiary/aromatic N) is 3. The first kappa shape index (κ1) is 25.0. The zero-order valence-electron chi connectivity index (χ0n) is 15.2. The fourth-order valence-corrected chi connectivity index (χ4v) is 5.72. The van der Waals surface area contributed by atoms with Crippen LogP contribution in [0.2, 0.25) is 0 Å². The van der Waals surface area contributed by atoms with E-state index in [2.05, 4.69) is 28.2 Å². The molecule has 6 atom stereocenters. The highest BCUT2D eigenvalue weighted by Crippen LogP contribution is 2.66. The second-order valence-corrected chi connectivity index (χ2v) is 10.6. The van der Waals surface area contributed by atoms with Crippen molar-refractivity contribution in [1.82, 2.24) is 19.6 Å². The van der Waals surface area contributed by atoms with Crippen molar-refractivity contribution in [3.63, 3.8) is 0 Å². The van der Waals surface area contributed by atoms with E-state index in [1.165, 1.54) is 0 Å². The molecule has 0 spiro atoms. The Bertz CT molecular complexity index is 1210. The maximum Gasteiger partial charge on any atom is 0.490 e. The molecule has 0 bridgehead atoms. The summed E-state index contributed by atoms with van der Waals surface area (Å²) >= 11 is 0. The molecule has 18 nitrogen and oxygen atoms in total. The number of aliphatic hydroxyl groups is 1. The Hall–Kier alpha value is -1.59. The predicted molar refractivity (Wildman–Crippen MR) is 96.4 cm³/mol. The van der Waals surface area contributed by atoms with Crippen LogP contribution < -0.4 is 11.3 Å². The molecule has 8 N–H and O–H groups in total. The summed E-state index contributed by atoms with van der Waals surface area (Å²) in [5.74, 6) is -0.333. The van der Waals surface area contributed by atoms with Gasteiger partial charge in [0.2, 0.25) is 11.6 Å². The number of phosphoric ester groups is 1. The third-order valence-corrected chi connectivity index (χ3v) is 7.65. The Morgan fingerprint density at radius 3 is 2.50 bits per heavy atom. The van der Waals surface area contributed by atoms with Gasteiger partial charge in [0.1, 0.15) is 18.3 Å². The van der Waals surface area contributed by atoms with E-state index in [0.717, 1.165) is 10.7 Å². The summed E-state index contributed by atoms with van der Waals surface area (Å²) in [5.41, 5.74) is 4.27. The van der Waals surface area contributed by atoms with Crippen LogP contribution in [0.5, 0.6) is 0 Å². The van der Waals surface area contributed by atoms with Gasteiger partial charge in [-0.25, -0.2) is 27.6 Å². The molecule has 1 aliphatic rings. The highest BCUT2D eigenvalue weighted by molar-refractivity contribution is 7.66. The van der Waals surface area contributed by atoms with Crippen molar-refractivity contribution in [2.75, 3.05) is 12.3 Å². The number of phosphoric acid groups is 3.